The first-order valence-electron chi connectivity index (χ1n) is 5.98. The average Bonchev–Trinajstić information content (AvgIpc) is 2.94. The Morgan fingerprint density at radius 3 is 3.00 bits per heavy atom. The molecule has 2 rings (SSSR count). The van der Waals surface area contributed by atoms with Crippen LogP contribution in [0.25, 0.3) is 0 Å². The molecule has 0 aromatic carbocycles. The summed E-state index contributed by atoms with van der Waals surface area (Å²) in [6.07, 6.45) is 4.81. The molecule has 1 aromatic rings. The van der Waals surface area contributed by atoms with Crippen molar-refractivity contribution in [3.63, 3.8) is 0 Å². The summed E-state index contributed by atoms with van der Waals surface area (Å²) < 4.78 is 1.91. The molecule has 5 heteroatoms. The number of nitrogens with one attached hydrogen (secondary N) is 1. The van der Waals surface area contributed by atoms with Gasteiger partial charge in [0.15, 0.2) is 0 Å². The van der Waals surface area contributed by atoms with E-state index in [1.54, 1.807) is 0 Å². The van der Waals surface area contributed by atoms with Crippen molar-refractivity contribution >= 4 is 0 Å². The topological polar surface area (TPSA) is 46.0 Å². The average molecular weight is 223 g/mol. The lowest BCUT2D eigenvalue weighted by Crippen LogP contribution is -2.18. The fourth-order valence-corrected chi connectivity index (χ4v) is 1.56. The number of hydrogen-bond donors (Lipinski definition) is 1. The number of likely N-dealkylation sites (N-methyl/N-ethyl adjacent to an activating group) is 1. The Labute approximate surface area is 96.8 Å². The number of rotatable bonds is 7. The first-order chi connectivity index (χ1) is 7.74. The molecule has 0 saturated heterocycles. The third-order valence-electron chi connectivity index (χ3n) is 2.80. The van der Waals surface area contributed by atoms with E-state index >= 15 is 0 Å². The first kappa shape index (κ1) is 11.5. The number of nitrogens with zero attached hydrogens (tertiary/aromatic N) is 4. The van der Waals surface area contributed by atoms with E-state index in [0.29, 0.717) is 0 Å². The third kappa shape index (κ3) is 3.90. The van der Waals surface area contributed by atoms with Gasteiger partial charge in [-0.15, -0.1) is 5.10 Å². The Morgan fingerprint density at radius 2 is 2.31 bits per heavy atom. The van der Waals surface area contributed by atoms with Crippen molar-refractivity contribution in [1.82, 2.24) is 25.2 Å². The van der Waals surface area contributed by atoms with Crippen LogP contribution in [0.5, 0.6) is 0 Å². The normalized spacial score (nSPS) is 15.9. The van der Waals surface area contributed by atoms with Gasteiger partial charge in [-0.2, -0.15) is 0 Å². The zero-order chi connectivity index (χ0) is 11.4. The number of aromatic nitrogens is 3. The SMILES string of the molecule is CN(C)CCn1cc(CNCC2CC2)nn1. The molecule has 0 radical (unpaired) electrons. The van der Waals surface area contributed by atoms with Gasteiger partial charge >= 0.3 is 0 Å². The van der Waals surface area contributed by atoms with Crippen molar-refractivity contribution in [3.8, 4) is 0 Å². The van der Waals surface area contributed by atoms with Crippen LogP contribution in [0.3, 0.4) is 0 Å². The maximum Gasteiger partial charge on any atom is 0.0964 e. The highest BCUT2D eigenvalue weighted by Crippen LogP contribution is 2.27. The molecule has 0 atom stereocenters. The second-order valence-electron chi connectivity index (χ2n) is 4.85. The lowest BCUT2D eigenvalue weighted by molar-refractivity contribution is 0.370. The first-order valence-corrected chi connectivity index (χ1v) is 5.98. The monoisotopic (exact) mass is 223 g/mol. The Balaban J connectivity index is 1.68. The highest BCUT2D eigenvalue weighted by molar-refractivity contribution is 4.92. The molecule has 90 valence electrons. The molecule has 1 fully saturated rings. The van der Waals surface area contributed by atoms with Crippen LogP contribution >= 0.6 is 0 Å². The van der Waals surface area contributed by atoms with Gasteiger partial charge in [0.2, 0.25) is 0 Å². The van der Waals surface area contributed by atoms with E-state index in [1.807, 2.05) is 10.9 Å². The fraction of sp³-hybridized carbons (Fsp3) is 0.818. The Hall–Kier alpha value is -0.940. The van der Waals surface area contributed by atoms with Gasteiger partial charge in [0, 0.05) is 19.3 Å². The number of hydrogen-bond acceptors (Lipinski definition) is 4. The molecular weight excluding hydrogens is 202 g/mol. The van der Waals surface area contributed by atoms with Crippen LogP contribution in [0.1, 0.15) is 18.5 Å². The summed E-state index contributed by atoms with van der Waals surface area (Å²) in [7, 11) is 4.13. The maximum atomic E-state index is 4.14. The molecule has 1 N–H and O–H groups in total. The quantitative estimate of drug-likeness (QED) is 0.724. The van der Waals surface area contributed by atoms with Gasteiger partial charge in [0.1, 0.15) is 0 Å². The minimum atomic E-state index is 0.846. The van der Waals surface area contributed by atoms with Crippen LogP contribution < -0.4 is 5.32 Å². The summed E-state index contributed by atoms with van der Waals surface area (Å²) in [4.78, 5) is 2.15. The van der Waals surface area contributed by atoms with Gasteiger partial charge < -0.3 is 10.2 Å². The molecule has 1 heterocycles. The zero-order valence-corrected chi connectivity index (χ0v) is 10.2. The van der Waals surface area contributed by atoms with Crippen molar-refractivity contribution in [2.75, 3.05) is 27.2 Å². The lowest BCUT2D eigenvalue weighted by atomic mass is 10.4. The van der Waals surface area contributed by atoms with Gasteiger partial charge in [-0.25, -0.2) is 0 Å². The van der Waals surface area contributed by atoms with E-state index in [-0.39, 0.29) is 0 Å². The summed E-state index contributed by atoms with van der Waals surface area (Å²) in [5.41, 5.74) is 1.04. The summed E-state index contributed by atoms with van der Waals surface area (Å²) in [6.45, 7) is 3.88. The molecule has 1 aromatic heterocycles. The van der Waals surface area contributed by atoms with E-state index in [9.17, 15) is 0 Å². The molecule has 1 saturated carbocycles. The third-order valence-corrected chi connectivity index (χ3v) is 2.80. The van der Waals surface area contributed by atoms with Crippen molar-refractivity contribution in [2.24, 2.45) is 5.92 Å². The maximum absolute atomic E-state index is 4.14. The van der Waals surface area contributed by atoms with E-state index in [0.717, 1.165) is 37.8 Å². The Morgan fingerprint density at radius 1 is 1.50 bits per heavy atom. The van der Waals surface area contributed by atoms with Gasteiger partial charge in [0.25, 0.3) is 0 Å². The van der Waals surface area contributed by atoms with Gasteiger partial charge in [-0.3, -0.25) is 4.68 Å². The van der Waals surface area contributed by atoms with E-state index in [1.165, 1.54) is 12.8 Å². The van der Waals surface area contributed by atoms with Gasteiger partial charge in [-0.1, -0.05) is 5.21 Å². The second kappa shape index (κ2) is 5.41. The van der Waals surface area contributed by atoms with Crippen LogP contribution in [-0.4, -0.2) is 47.1 Å². The molecule has 0 unspecified atom stereocenters. The summed E-state index contributed by atoms with van der Waals surface area (Å²) in [5.74, 6) is 0.920. The van der Waals surface area contributed by atoms with Crippen molar-refractivity contribution < 1.29 is 0 Å². The molecule has 0 spiro atoms. The van der Waals surface area contributed by atoms with Crippen LogP contribution in [0.2, 0.25) is 0 Å². The lowest BCUT2D eigenvalue weighted by Gasteiger charge is -2.07. The molecule has 0 aliphatic heterocycles. The molecule has 16 heavy (non-hydrogen) atoms. The standard InChI is InChI=1S/C11H21N5/c1-15(2)5-6-16-9-11(13-14-16)8-12-7-10-3-4-10/h9-10,12H,3-8H2,1-2H3. The fourth-order valence-electron chi connectivity index (χ4n) is 1.56. The molecule has 0 amide bonds. The minimum Gasteiger partial charge on any atom is -0.311 e. The predicted molar refractivity (Wildman–Crippen MR) is 63.0 cm³/mol. The van der Waals surface area contributed by atoms with Crippen LogP contribution in [0.15, 0.2) is 6.20 Å². The molecule has 1 aliphatic rings. The largest absolute Gasteiger partial charge is 0.311 e. The van der Waals surface area contributed by atoms with E-state index in [4.69, 9.17) is 0 Å². The molecule has 1 aliphatic carbocycles. The van der Waals surface area contributed by atoms with Crippen LogP contribution in [-0.2, 0) is 13.1 Å². The Bertz CT molecular complexity index is 316. The Kier molecular flexibility index (Phi) is 3.90. The van der Waals surface area contributed by atoms with Gasteiger partial charge in [-0.05, 0) is 39.4 Å². The van der Waals surface area contributed by atoms with Gasteiger partial charge in [0.05, 0.1) is 12.2 Å². The predicted octanol–water partition coefficient (Wildman–Crippen LogP) is 0.339. The highest BCUT2D eigenvalue weighted by Gasteiger charge is 2.20. The van der Waals surface area contributed by atoms with Crippen molar-refractivity contribution in [3.05, 3.63) is 11.9 Å². The van der Waals surface area contributed by atoms with Crippen molar-refractivity contribution in [2.45, 2.75) is 25.9 Å². The highest BCUT2D eigenvalue weighted by atomic mass is 15.4. The zero-order valence-electron chi connectivity index (χ0n) is 10.2. The van der Waals surface area contributed by atoms with Crippen molar-refractivity contribution in [1.29, 1.82) is 0 Å². The van der Waals surface area contributed by atoms with Crippen LogP contribution in [0.4, 0.5) is 0 Å². The smallest absolute Gasteiger partial charge is 0.0964 e. The summed E-state index contributed by atoms with van der Waals surface area (Å²) in [5, 5.41) is 11.7. The summed E-state index contributed by atoms with van der Waals surface area (Å²) in [6, 6.07) is 0. The molecule has 0 bridgehead atoms. The second-order valence-corrected chi connectivity index (χ2v) is 4.85. The summed E-state index contributed by atoms with van der Waals surface area (Å²) >= 11 is 0. The molecular formula is C11H21N5. The van der Waals surface area contributed by atoms with E-state index < -0.39 is 0 Å². The minimum absolute atomic E-state index is 0.846. The van der Waals surface area contributed by atoms with Crippen LogP contribution in [0, 0.1) is 5.92 Å². The molecule has 5 nitrogen and oxygen atoms in total. The van der Waals surface area contributed by atoms with E-state index in [2.05, 4.69) is 34.6 Å².